The molecule has 0 aliphatic heterocycles. The molecule has 2 N–H and O–H groups in total. The third-order valence-electron chi connectivity index (χ3n) is 4.42. The zero-order valence-corrected chi connectivity index (χ0v) is 17.6. The fraction of sp³-hybridized carbons (Fsp3) is 0.421. The van der Waals surface area contributed by atoms with Crippen LogP contribution in [0.3, 0.4) is 0 Å². The lowest BCUT2D eigenvalue weighted by Crippen LogP contribution is -2.35. The van der Waals surface area contributed by atoms with Gasteiger partial charge < -0.3 is 10.6 Å². The topological polar surface area (TPSA) is 76.0 Å². The fourth-order valence-electron chi connectivity index (χ4n) is 3.02. The summed E-state index contributed by atoms with van der Waals surface area (Å²) < 4.78 is 2.56. The van der Waals surface area contributed by atoms with Gasteiger partial charge in [-0.1, -0.05) is 28.8 Å². The predicted molar refractivity (Wildman–Crippen MR) is 111 cm³/mol. The van der Waals surface area contributed by atoms with E-state index in [0.29, 0.717) is 11.7 Å². The second-order valence-electron chi connectivity index (χ2n) is 6.68. The average Bonchev–Trinajstić information content (AvgIpc) is 3.29. The number of hydrogen-bond acceptors (Lipinski definition) is 4. The van der Waals surface area contributed by atoms with Crippen LogP contribution in [0.25, 0.3) is 0 Å². The third kappa shape index (κ3) is 6.10. The first-order valence-electron chi connectivity index (χ1n) is 9.04. The Labute approximate surface area is 171 Å². The number of halogens is 1. The minimum absolute atomic E-state index is 0.0398. The third-order valence-corrected chi connectivity index (χ3v) is 6.06. The summed E-state index contributed by atoms with van der Waals surface area (Å²) >= 11 is 4.89. The molecule has 27 heavy (non-hydrogen) atoms. The normalized spacial score (nSPS) is 15.5. The molecule has 2 amide bonds. The van der Waals surface area contributed by atoms with E-state index in [4.69, 9.17) is 0 Å². The number of benzene rings is 1. The van der Waals surface area contributed by atoms with Crippen LogP contribution >= 0.6 is 27.7 Å². The van der Waals surface area contributed by atoms with Gasteiger partial charge in [-0.2, -0.15) is 5.10 Å². The first kappa shape index (κ1) is 19.9. The molecule has 1 fully saturated rings. The smallest absolute Gasteiger partial charge is 0.241 e. The van der Waals surface area contributed by atoms with E-state index in [0.717, 1.165) is 22.2 Å². The van der Waals surface area contributed by atoms with Gasteiger partial charge in [-0.05, 0) is 44.0 Å². The Hall–Kier alpha value is -1.80. The van der Waals surface area contributed by atoms with Crippen molar-refractivity contribution in [2.75, 3.05) is 5.32 Å². The molecule has 2 aromatic rings. The van der Waals surface area contributed by atoms with E-state index in [1.807, 2.05) is 31.2 Å². The van der Waals surface area contributed by atoms with Crippen molar-refractivity contribution in [2.45, 2.75) is 55.3 Å². The first-order chi connectivity index (χ1) is 13.0. The molecule has 1 heterocycles. The monoisotopic (exact) mass is 450 g/mol. The van der Waals surface area contributed by atoms with Gasteiger partial charge in [0.25, 0.3) is 0 Å². The number of carbonyl (C=O) groups excluding carboxylic acids is 2. The fourth-order valence-corrected chi connectivity index (χ4v) is 4.15. The number of nitrogens with zero attached hydrogens (tertiary/aromatic N) is 2. The number of anilines is 1. The van der Waals surface area contributed by atoms with Crippen LogP contribution < -0.4 is 10.6 Å². The molecule has 1 aliphatic carbocycles. The molecular formula is C19H23BrN4O2S. The van der Waals surface area contributed by atoms with E-state index in [9.17, 15) is 9.59 Å². The number of nitrogens with one attached hydrogen (secondary N) is 2. The van der Waals surface area contributed by atoms with Gasteiger partial charge in [0.2, 0.25) is 11.8 Å². The van der Waals surface area contributed by atoms with E-state index in [1.165, 1.54) is 24.6 Å². The number of thioether (sulfide) groups is 1. The van der Waals surface area contributed by atoms with Crippen LogP contribution in [0, 0.1) is 0 Å². The van der Waals surface area contributed by atoms with Crippen molar-refractivity contribution in [1.29, 1.82) is 0 Å². The molecule has 1 saturated carbocycles. The van der Waals surface area contributed by atoms with Gasteiger partial charge in [-0.15, -0.1) is 11.8 Å². The molecule has 1 aliphatic rings. The van der Waals surface area contributed by atoms with E-state index in [-0.39, 0.29) is 23.6 Å². The number of aromatic nitrogens is 2. The number of hydrogen-bond donors (Lipinski definition) is 2. The maximum absolute atomic E-state index is 12.4. The molecule has 3 rings (SSSR count). The minimum atomic E-state index is -0.250. The van der Waals surface area contributed by atoms with Crippen LogP contribution in [0.4, 0.5) is 5.69 Å². The standard InChI is InChI=1S/C19H23BrN4O2S/c1-13(27-17-8-6-14(20)7-9-17)19(26)23-16-10-21-24(11-16)12-18(25)22-15-4-2-3-5-15/h6-11,13,15H,2-5,12H2,1H3,(H,22,25)(H,23,26). The molecule has 144 valence electrons. The molecule has 1 aromatic heterocycles. The van der Waals surface area contributed by atoms with Crippen LogP contribution in [-0.4, -0.2) is 32.9 Å². The summed E-state index contributed by atoms with van der Waals surface area (Å²) in [4.78, 5) is 25.5. The van der Waals surface area contributed by atoms with Crippen LogP contribution in [0.5, 0.6) is 0 Å². The summed E-state index contributed by atoms with van der Waals surface area (Å²) in [6.45, 7) is 2.02. The Morgan fingerprint density at radius 3 is 2.70 bits per heavy atom. The molecule has 8 heteroatoms. The van der Waals surface area contributed by atoms with Crippen molar-refractivity contribution in [3.8, 4) is 0 Å². The summed E-state index contributed by atoms with van der Waals surface area (Å²) in [6, 6.07) is 8.14. The van der Waals surface area contributed by atoms with E-state index in [1.54, 1.807) is 17.1 Å². The van der Waals surface area contributed by atoms with Crippen molar-refractivity contribution in [1.82, 2.24) is 15.1 Å². The highest BCUT2D eigenvalue weighted by atomic mass is 79.9. The Balaban J connectivity index is 1.48. The summed E-state index contributed by atoms with van der Waals surface area (Å²) in [7, 11) is 0. The van der Waals surface area contributed by atoms with Crippen LogP contribution in [0.1, 0.15) is 32.6 Å². The number of amides is 2. The highest BCUT2D eigenvalue weighted by Gasteiger charge is 2.18. The molecule has 0 saturated heterocycles. The summed E-state index contributed by atoms with van der Waals surface area (Å²) in [6.07, 6.45) is 7.72. The Kier molecular flexibility index (Phi) is 6.95. The number of carbonyl (C=O) groups is 2. The highest BCUT2D eigenvalue weighted by molar-refractivity contribution is 9.10. The molecule has 0 radical (unpaired) electrons. The van der Waals surface area contributed by atoms with E-state index >= 15 is 0 Å². The highest BCUT2D eigenvalue weighted by Crippen LogP contribution is 2.25. The lowest BCUT2D eigenvalue weighted by atomic mass is 10.2. The predicted octanol–water partition coefficient (Wildman–Crippen LogP) is 3.82. The summed E-state index contributed by atoms with van der Waals surface area (Å²) in [5.74, 6) is -0.139. The van der Waals surface area contributed by atoms with Crippen molar-refractivity contribution in [2.24, 2.45) is 0 Å². The van der Waals surface area contributed by atoms with Crippen molar-refractivity contribution < 1.29 is 9.59 Å². The Morgan fingerprint density at radius 2 is 2.00 bits per heavy atom. The molecule has 1 unspecified atom stereocenters. The lowest BCUT2D eigenvalue weighted by molar-refractivity contribution is -0.122. The zero-order chi connectivity index (χ0) is 19.2. The van der Waals surface area contributed by atoms with Gasteiger partial charge in [-0.3, -0.25) is 14.3 Å². The van der Waals surface area contributed by atoms with Gasteiger partial charge in [0.05, 0.1) is 17.1 Å². The first-order valence-corrected chi connectivity index (χ1v) is 10.7. The van der Waals surface area contributed by atoms with Gasteiger partial charge in [-0.25, -0.2) is 0 Å². The molecule has 1 aromatic carbocycles. The van der Waals surface area contributed by atoms with Crippen LogP contribution in [0.2, 0.25) is 0 Å². The molecule has 1 atom stereocenters. The second kappa shape index (κ2) is 9.41. The average molecular weight is 451 g/mol. The van der Waals surface area contributed by atoms with Gasteiger partial charge in [0, 0.05) is 21.6 Å². The van der Waals surface area contributed by atoms with Crippen LogP contribution in [-0.2, 0) is 16.1 Å². The van der Waals surface area contributed by atoms with Crippen LogP contribution in [0.15, 0.2) is 46.0 Å². The zero-order valence-electron chi connectivity index (χ0n) is 15.2. The van der Waals surface area contributed by atoms with Gasteiger partial charge in [0.1, 0.15) is 6.54 Å². The molecular weight excluding hydrogens is 428 g/mol. The molecule has 6 nitrogen and oxygen atoms in total. The van der Waals surface area contributed by atoms with Crippen molar-refractivity contribution in [3.05, 3.63) is 41.1 Å². The SMILES string of the molecule is CC(Sc1ccc(Br)cc1)C(=O)Nc1cnn(CC(=O)NC2CCCC2)c1. The number of rotatable bonds is 7. The van der Waals surface area contributed by atoms with Crippen molar-refractivity contribution in [3.63, 3.8) is 0 Å². The van der Waals surface area contributed by atoms with E-state index in [2.05, 4.69) is 31.7 Å². The van der Waals surface area contributed by atoms with Crippen molar-refractivity contribution >= 4 is 45.2 Å². The summed E-state index contributed by atoms with van der Waals surface area (Å²) in [5, 5.41) is 9.81. The molecule has 0 bridgehead atoms. The Bertz CT molecular complexity index is 787. The maximum Gasteiger partial charge on any atom is 0.241 e. The maximum atomic E-state index is 12.4. The quantitative estimate of drug-likeness (QED) is 0.628. The van der Waals surface area contributed by atoms with Gasteiger partial charge >= 0.3 is 0 Å². The second-order valence-corrected chi connectivity index (χ2v) is 9.01. The minimum Gasteiger partial charge on any atom is -0.352 e. The molecule has 0 spiro atoms. The van der Waals surface area contributed by atoms with Gasteiger partial charge in [0.15, 0.2) is 0 Å². The Morgan fingerprint density at radius 1 is 1.30 bits per heavy atom. The largest absolute Gasteiger partial charge is 0.352 e. The summed E-state index contributed by atoms with van der Waals surface area (Å²) in [5.41, 5.74) is 0.594. The lowest BCUT2D eigenvalue weighted by Gasteiger charge is -2.12. The van der Waals surface area contributed by atoms with E-state index < -0.39 is 0 Å².